The van der Waals surface area contributed by atoms with Crippen molar-refractivity contribution in [3.8, 4) is 0 Å². The number of nitrogens with zero attached hydrogens (tertiary/aromatic N) is 3. The first-order chi connectivity index (χ1) is 13.7. The predicted molar refractivity (Wildman–Crippen MR) is 112 cm³/mol. The van der Waals surface area contributed by atoms with Crippen LogP contribution in [0.4, 0.5) is 15.2 Å². The fourth-order valence-electron chi connectivity index (χ4n) is 4.32. The summed E-state index contributed by atoms with van der Waals surface area (Å²) < 4.78 is 14.3. The summed E-state index contributed by atoms with van der Waals surface area (Å²) in [7, 11) is 0. The first-order valence-electron chi connectivity index (χ1n) is 9.89. The molecule has 4 nitrogen and oxygen atoms in total. The van der Waals surface area contributed by atoms with E-state index in [0.29, 0.717) is 0 Å². The van der Waals surface area contributed by atoms with Crippen LogP contribution in [0.3, 0.4) is 0 Å². The second-order valence-electron chi connectivity index (χ2n) is 7.59. The van der Waals surface area contributed by atoms with Gasteiger partial charge in [-0.15, -0.1) is 0 Å². The van der Waals surface area contributed by atoms with Crippen LogP contribution in [0.25, 0.3) is 10.2 Å². The minimum absolute atomic E-state index is 0.0641. The van der Waals surface area contributed by atoms with Gasteiger partial charge >= 0.3 is 0 Å². The summed E-state index contributed by atoms with van der Waals surface area (Å²) in [5.41, 5.74) is 3.21. The Labute approximate surface area is 167 Å². The number of carbonyl (C=O) groups excluding carboxylic acids is 1. The van der Waals surface area contributed by atoms with Gasteiger partial charge in [0.25, 0.3) is 0 Å². The van der Waals surface area contributed by atoms with Crippen LogP contribution in [0.15, 0.2) is 42.5 Å². The maximum atomic E-state index is 13.4. The van der Waals surface area contributed by atoms with Gasteiger partial charge in [-0.3, -0.25) is 4.79 Å². The molecule has 0 spiro atoms. The average Bonchev–Trinajstić information content (AvgIpc) is 3.16. The number of hydrogen-bond acceptors (Lipinski definition) is 4. The molecule has 0 N–H and O–H groups in total. The molecule has 6 heteroatoms. The summed E-state index contributed by atoms with van der Waals surface area (Å²) in [6.07, 6.45) is 3.75. The number of thiazole rings is 1. The van der Waals surface area contributed by atoms with Crippen molar-refractivity contribution in [3.05, 3.63) is 53.8 Å². The Bertz CT molecular complexity index is 1030. The van der Waals surface area contributed by atoms with Crippen molar-refractivity contribution in [1.82, 2.24) is 4.98 Å². The molecule has 1 aromatic heterocycles. The number of hydrogen-bond donors (Lipinski definition) is 0. The molecule has 1 fully saturated rings. The van der Waals surface area contributed by atoms with Gasteiger partial charge < -0.3 is 9.80 Å². The maximum absolute atomic E-state index is 13.4. The number of rotatable bonds is 2. The molecule has 3 aromatic rings. The highest BCUT2D eigenvalue weighted by molar-refractivity contribution is 7.22. The van der Waals surface area contributed by atoms with Crippen molar-refractivity contribution < 1.29 is 9.18 Å². The summed E-state index contributed by atoms with van der Waals surface area (Å²) in [6.45, 7) is 2.45. The molecule has 0 radical (unpaired) electrons. The third-order valence-corrected chi connectivity index (χ3v) is 6.91. The normalized spacial score (nSPS) is 17.8. The van der Waals surface area contributed by atoms with Crippen LogP contribution in [0, 0.1) is 11.7 Å². The van der Waals surface area contributed by atoms with E-state index in [2.05, 4.69) is 28.1 Å². The highest BCUT2D eigenvalue weighted by Gasteiger charge is 2.32. The Kier molecular flexibility index (Phi) is 4.51. The van der Waals surface area contributed by atoms with Gasteiger partial charge in [-0.25, -0.2) is 9.37 Å². The van der Waals surface area contributed by atoms with Crippen LogP contribution in [-0.4, -0.2) is 30.5 Å². The summed E-state index contributed by atoms with van der Waals surface area (Å²) in [5.74, 6) is 0.0983. The lowest BCUT2D eigenvalue weighted by atomic mass is 9.93. The number of piperidine rings is 1. The third kappa shape index (κ3) is 3.15. The standard InChI is InChI=1S/C22H22FN3OS/c23-17-7-8-18-20(14-17)28-22(24-18)25-12-9-16(10-13-25)21(27)26-11-3-5-15-4-1-2-6-19(15)26/h1-2,4,6-8,14,16H,3,5,9-13H2. The van der Waals surface area contributed by atoms with Gasteiger partial charge in [0.15, 0.2) is 5.13 Å². The van der Waals surface area contributed by atoms with Gasteiger partial charge in [0.1, 0.15) is 5.82 Å². The highest BCUT2D eigenvalue weighted by Crippen LogP contribution is 2.34. The van der Waals surface area contributed by atoms with Crippen LogP contribution in [0.1, 0.15) is 24.8 Å². The number of aryl methyl sites for hydroxylation is 1. The van der Waals surface area contributed by atoms with E-state index in [1.807, 2.05) is 11.0 Å². The van der Waals surface area contributed by atoms with Gasteiger partial charge in [-0.2, -0.15) is 0 Å². The molecule has 1 amide bonds. The third-order valence-electron chi connectivity index (χ3n) is 5.83. The number of aromatic nitrogens is 1. The molecule has 0 bridgehead atoms. The lowest BCUT2D eigenvalue weighted by molar-refractivity contribution is -0.123. The fourth-order valence-corrected chi connectivity index (χ4v) is 5.36. The second kappa shape index (κ2) is 7.17. The number of benzene rings is 2. The number of fused-ring (bicyclic) bond motifs is 2. The molecular formula is C22H22FN3OS. The van der Waals surface area contributed by atoms with Crippen LogP contribution in [0.5, 0.6) is 0 Å². The smallest absolute Gasteiger partial charge is 0.230 e. The highest BCUT2D eigenvalue weighted by atomic mass is 32.1. The van der Waals surface area contributed by atoms with Crippen molar-refractivity contribution in [1.29, 1.82) is 0 Å². The van der Waals surface area contributed by atoms with Crippen LogP contribution in [0.2, 0.25) is 0 Å². The first-order valence-corrected chi connectivity index (χ1v) is 10.7. The predicted octanol–water partition coefficient (Wildman–Crippen LogP) is 4.63. The molecule has 5 rings (SSSR count). The summed E-state index contributed by atoms with van der Waals surface area (Å²) in [4.78, 5) is 22.1. The van der Waals surface area contributed by atoms with Crippen molar-refractivity contribution in [2.75, 3.05) is 29.4 Å². The molecular weight excluding hydrogens is 373 g/mol. The van der Waals surface area contributed by atoms with Crippen molar-refractivity contribution >= 4 is 38.3 Å². The minimum Gasteiger partial charge on any atom is -0.348 e. The van der Waals surface area contributed by atoms with E-state index in [1.165, 1.54) is 23.0 Å². The molecule has 28 heavy (non-hydrogen) atoms. The molecule has 0 saturated carbocycles. The minimum atomic E-state index is -0.228. The topological polar surface area (TPSA) is 36.4 Å². The molecule has 2 aliphatic rings. The van der Waals surface area contributed by atoms with E-state index in [0.717, 1.165) is 66.4 Å². The summed E-state index contributed by atoms with van der Waals surface area (Å²) in [5, 5.41) is 0.926. The zero-order valence-corrected chi connectivity index (χ0v) is 16.4. The SMILES string of the molecule is O=C(C1CCN(c2nc3ccc(F)cc3s2)CC1)N1CCCc2ccccc21. The van der Waals surface area contributed by atoms with Crippen molar-refractivity contribution in [2.45, 2.75) is 25.7 Å². The molecule has 2 aliphatic heterocycles. The van der Waals surface area contributed by atoms with Gasteiger partial charge in [0, 0.05) is 31.2 Å². The van der Waals surface area contributed by atoms with Crippen LogP contribution < -0.4 is 9.80 Å². The molecule has 0 atom stereocenters. The van der Waals surface area contributed by atoms with E-state index in [-0.39, 0.29) is 17.6 Å². The molecule has 1 saturated heterocycles. The van der Waals surface area contributed by atoms with Crippen molar-refractivity contribution in [2.24, 2.45) is 5.92 Å². The first kappa shape index (κ1) is 17.6. The average molecular weight is 396 g/mol. The zero-order valence-electron chi connectivity index (χ0n) is 15.6. The Morgan fingerprint density at radius 2 is 1.93 bits per heavy atom. The largest absolute Gasteiger partial charge is 0.348 e. The number of para-hydroxylation sites is 1. The second-order valence-corrected chi connectivity index (χ2v) is 8.60. The Hall–Kier alpha value is -2.47. The fraction of sp³-hybridized carbons (Fsp3) is 0.364. The number of halogens is 1. The number of anilines is 2. The maximum Gasteiger partial charge on any atom is 0.230 e. The molecule has 0 aliphatic carbocycles. The molecule has 144 valence electrons. The van der Waals surface area contributed by atoms with Crippen molar-refractivity contribution in [3.63, 3.8) is 0 Å². The molecule has 3 heterocycles. The summed E-state index contributed by atoms with van der Waals surface area (Å²) in [6, 6.07) is 13.0. The van der Waals surface area contributed by atoms with E-state index in [4.69, 9.17) is 0 Å². The molecule has 0 unspecified atom stereocenters. The van der Waals surface area contributed by atoms with E-state index >= 15 is 0 Å². The van der Waals surface area contributed by atoms with Gasteiger partial charge in [-0.05, 0) is 55.5 Å². The molecule has 2 aromatic carbocycles. The lowest BCUT2D eigenvalue weighted by Gasteiger charge is -2.36. The van der Waals surface area contributed by atoms with Gasteiger partial charge in [-0.1, -0.05) is 29.5 Å². The number of carbonyl (C=O) groups is 1. The van der Waals surface area contributed by atoms with E-state index in [9.17, 15) is 9.18 Å². The summed E-state index contributed by atoms with van der Waals surface area (Å²) >= 11 is 1.53. The van der Waals surface area contributed by atoms with E-state index in [1.54, 1.807) is 12.1 Å². The lowest BCUT2D eigenvalue weighted by Crippen LogP contribution is -2.44. The van der Waals surface area contributed by atoms with Gasteiger partial charge in [0.05, 0.1) is 10.2 Å². The van der Waals surface area contributed by atoms with E-state index < -0.39 is 0 Å². The quantitative estimate of drug-likeness (QED) is 0.635. The Balaban J connectivity index is 1.28. The van der Waals surface area contributed by atoms with Gasteiger partial charge in [0.2, 0.25) is 5.91 Å². The van der Waals surface area contributed by atoms with Crippen LogP contribution >= 0.6 is 11.3 Å². The monoisotopic (exact) mass is 395 g/mol. The number of amides is 1. The van der Waals surface area contributed by atoms with Crippen LogP contribution in [-0.2, 0) is 11.2 Å². The Morgan fingerprint density at radius 3 is 2.79 bits per heavy atom. The Morgan fingerprint density at radius 1 is 1.11 bits per heavy atom. The zero-order chi connectivity index (χ0) is 19.1.